The van der Waals surface area contributed by atoms with Crippen molar-refractivity contribution < 1.29 is 19.8 Å². The predicted molar refractivity (Wildman–Crippen MR) is 139 cm³/mol. The zero-order valence-electron chi connectivity index (χ0n) is 18.8. The molecule has 4 aromatic heterocycles. The Bertz CT molecular complexity index is 1560. The Balaban J connectivity index is 1.48. The number of carbonyl (C=O) groups excluding carboxylic acids is 2. The molecule has 0 aliphatic carbocycles. The van der Waals surface area contributed by atoms with Crippen molar-refractivity contribution in [1.29, 1.82) is 0 Å². The van der Waals surface area contributed by atoms with Crippen molar-refractivity contribution in [2.75, 3.05) is 18.9 Å². The Hall–Kier alpha value is -3.84. The van der Waals surface area contributed by atoms with E-state index in [0.717, 1.165) is 21.3 Å². The highest BCUT2D eigenvalue weighted by Crippen LogP contribution is 2.28. The fourth-order valence-corrected chi connectivity index (χ4v) is 5.28. The van der Waals surface area contributed by atoms with Crippen molar-refractivity contribution in [3.8, 4) is 11.3 Å². The molecule has 0 spiro atoms. The molecule has 36 heavy (non-hydrogen) atoms. The molecule has 0 bridgehead atoms. The highest BCUT2D eigenvalue weighted by atomic mass is 32.1. The summed E-state index contributed by atoms with van der Waals surface area (Å²) >= 11 is 2.84. The lowest BCUT2D eigenvalue weighted by atomic mass is 10.2. The summed E-state index contributed by atoms with van der Waals surface area (Å²) in [6.07, 6.45) is 1.65. The van der Waals surface area contributed by atoms with Gasteiger partial charge < -0.3 is 26.6 Å². The quantitative estimate of drug-likeness (QED) is 0.209. The Morgan fingerprint density at radius 1 is 1.11 bits per heavy atom. The Kier molecular flexibility index (Phi) is 6.65. The van der Waals surface area contributed by atoms with Gasteiger partial charge in [0.15, 0.2) is 10.8 Å². The van der Waals surface area contributed by atoms with E-state index in [9.17, 15) is 19.8 Å². The highest BCUT2D eigenvalue weighted by molar-refractivity contribution is 7.22. The minimum atomic E-state index is -0.823. The van der Waals surface area contributed by atoms with Crippen molar-refractivity contribution in [3.63, 3.8) is 0 Å². The number of pyridine rings is 1. The normalized spacial score (nSPS) is 11.4. The number of anilines is 1. The molecule has 0 atom stereocenters. The van der Waals surface area contributed by atoms with E-state index in [1.807, 2.05) is 35.0 Å². The van der Waals surface area contributed by atoms with Gasteiger partial charge >= 0.3 is 0 Å². The third-order valence-corrected chi connectivity index (χ3v) is 7.13. The van der Waals surface area contributed by atoms with Crippen molar-refractivity contribution in [2.24, 2.45) is 0 Å². The third-order valence-electron chi connectivity index (χ3n) is 5.60. The molecular weight excluding hydrogens is 500 g/mol. The van der Waals surface area contributed by atoms with E-state index >= 15 is 0 Å². The first-order chi connectivity index (χ1) is 17.5. The van der Waals surface area contributed by atoms with Gasteiger partial charge in [-0.15, -0.1) is 0 Å². The third kappa shape index (κ3) is 4.54. The average molecular weight is 523 g/mol. The van der Waals surface area contributed by atoms with Crippen LogP contribution in [0.4, 0.5) is 5.13 Å². The molecule has 0 radical (unpaired) electrons. The topological polar surface area (TPSA) is 155 Å². The summed E-state index contributed by atoms with van der Waals surface area (Å²) in [5, 5.41) is 28.6. The molecule has 0 saturated carbocycles. The summed E-state index contributed by atoms with van der Waals surface area (Å²) in [6.45, 7) is -0.547. The van der Waals surface area contributed by atoms with Crippen LogP contribution < -0.4 is 16.4 Å². The second-order valence-corrected chi connectivity index (χ2v) is 9.85. The zero-order valence-corrected chi connectivity index (χ0v) is 20.5. The molecule has 12 heteroatoms. The van der Waals surface area contributed by atoms with Crippen LogP contribution in [0.25, 0.3) is 27.1 Å². The van der Waals surface area contributed by atoms with Gasteiger partial charge in [-0.05, 0) is 41.3 Å². The lowest BCUT2D eigenvalue weighted by molar-refractivity contribution is 0.0873. The number of aliphatic hydroxyl groups excluding tert-OH is 2. The first-order valence-corrected chi connectivity index (χ1v) is 12.7. The molecule has 4 heterocycles. The number of aliphatic hydroxyl groups is 2. The number of imidazole rings is 1. The molecule has 0 unspecified atom stereocenters. The average Bonchev–Trinajstić information content (AvgIpc) is 3.62. The highest BCUT2D eigenvalue weighted by Gasteiger charge is 2.25. The van der Waals surface area contributed by atoms with Crippen molar-refractivity contribution in [1.82, 2.24) is 25.0 Å². The van der Waals surface area contributed by atoms with Crippen LogP contribution in [-0.4, -0.2) is 55.7 Å². The van der Waals surface area contributed by atoms with Gasteiger partial charge in [0.05, 0.1) is 35.0 Å². The van der Waals surface area contributed by atoms with Crippen LogP contribution in [0.15, 0.2) is 53.4 Å². The van der Waals surface area contributed by atoms with Gasteiger partial charge in [0.1, 0.15) is 11.4 Å². The minimum Gasteiger partial charge on any atom is -0.394 e. The summed E-state index contributed by atoms with van der Waals surface area (Å²) in [7, 11) is 0. The molecule has 0 aliphatic rings. The maximum atomic E-state index is 13.2. The van der Waals surface area contributed by atoms with Gasteiger partial charge in [0.2, 0.25) is 0 Å². The molecular formula is C24H22N6O4S2. The van der Waals surface area contributed by atoms with Crippen molar-refractivity contribution in [3.05, 3.63) is 70.2 Å². The van der Waals surface area contributed by atoms with Gasteiger partial charge in [-0.25, -0.2) is 9.97 Å². The Morgan fingerprint density at radius 3 is 2.69 bits per heavy atom. The molecule has 10 nitrogen and oxygen atoms in total. The number of nitrogen functional groups attached to an aromatic ring is 1. The Labute approximate surface area is 213 Å². The van der Waals surface area contributed by atoms with E-state index in [-0.39, 0.29) is 18.1 Å². The van der Waals surface area contributed by atoms with Crippen LogP contribution in [0.2, 0.25) is 0 Å². The maximum absolute atomic E-state index is 13.2. The van der Waals surface area contributed by atoms with Crippen LogP contribution in [0, 0.1) is 0 Å². The second kappa shape index (κ2) is 10.0. The van der Waals surface area contributed by atoms with Crippen molar-refractivity contribution >= 4 is 55.5 Å². The fourth-order valence-electron chi connectivity index (χ4n) is 3.84. The number of nitrogens with two attached hydrogens (primary N) is 1. The number of hydrogen-bond donors (Lipinski definition) is 5. The predicted octanol–water partition coefficient (Wildman–Crippen LogP) is 2.27. The summed E-state index contributed by atoms with van der Waals surface area (Å²) in [5.74, 6) is -0.867. The number of carbonyl (C=O) groups is 2. The number of hydrogen-bond acceptors (Lipinski definition) is 9. The molecule has 1 aromatic carbocycles. The molecule has 6 N–H and O–H groups in total. The lowest BCUT2D eigenvalue weighted by Crippen LogP contribution is -2.40. The number of nitrogens with one attached hydrogen (secondary N) is 2. The van der Waals surface area contributed by atoms with Crippen LogP contribution in [0.5, 0.6) is 0 Å². The SMILES string of the molecule is Nc1nc2ccc(CNC(=O)c3cccn4c(C(=O)NC(CO)CO)c(-c5ccsc5)nc34)cc2s1. The number of amides is 2. The van der Waals surface area contributed by atoms with E-state index < -0.39 is 25.2 Å². The van der Waals surface area contributed by atoms with E-state index in [1.54, 1.807) is 22.7 Å². The summed E-state index contributed by atoms with van der Waals surface area (Å²) in [4.78, 5) is 35.2. The first kappa shape index (κ1) is 23.9. The zero-order chi connectivity index (χ0) is 25.2. The van der Waals surface area contributed by atoms with Gasteiger partial charge in [0, 0.05) is 23.7 Å². The van der Waals surface area contributed by atoms with Gasteiger partial charge in [-0.2, -0.15) is 11.3 Å². The van der Waals surface area contributed by atoms with E-state index in [2.05, 4.69) is 20.6 Å². The number of fused-ring (bicyclic) bond motifs is 2. The molecule has 5 rings (SSSR count). The maximum Gasteiger partial charge on any atom is 0.270 e. The molecule has 0 aliphatic heterocycles. The van der Waals surface area contributed by atoms with Crippen LogP contribution in [0.1, 0.15) is 26.4 Å². The monoisotopic (exact) mass is 522 g/mol. The second-order valence-electron chi connectivity index (χ2n) is 8.01. The molecule has 0 fully saturated rings. The number of nitrogens with zero attached hydrogens (tertiary/aromatic N) is 3. The van der Waals surface area contributed by atoms with Gasteiger partial charge in [0.25, 0.3) is 11.8 Å². The Morgan fingerprint density at radius 2 is 1.94 bits per heavy atom. The smallest absolute Gasteiger partial charge is 0.270 e. The van der Waals surface area contributed by atoms with Crippen LogP contribution >= 0.6 is 22.7 Å². The van der Waals surface area contributed by atoms with E-state index in [4.69, 9.17) is 5.73 Å². The van der Waals surface area contributed by atoms with Gasteiger partial charge in [-0.1, -0.05) is 17.4 Å². The summed E-state index contributed by atoms with van der Waals surface area (Å²) in [5.41, 5.74) is 9.44. The van der Waals surface area contributed by atoms with Crippen LogP contribution in [0.3, 0.4) is 0 Å². The summed E-state index contributed by atoms with van der Waals surface area (Å²) in [6, 6.07) is 10.0. The number of aromatic nitrogens is 3. The first-order valence-electron chi connectivity index (χ1n) is 11.0. The van der Waals surface area contributed by atoms with Gasteiger partial charge in [-0.3, -0.25) is 14.0 Å². The molecule has 0 saturated heterocycles. The standard InChI is InChI=1S/C24H22N6O4S2/c25-24-28-17-4-3-13(8-18(17)36-24)9-26-22(33)16-2-1-6-30-20(23(34)27-15(10-31)11-32)19(29-21(16)30)14-5-7-35-12-14/h1-8,12,15,31-32H,9-11H2,(H2,25,28)(H,26,33)(H,27,34). The lowest BCUT2D eigenvalue weighted by Gasteiger charge is -2.14. The van der Waals surface area contributed by atoms with E-state index in [0.29, 0.717) is 22.0 Å². The number of thiophene rings is 1. The van der Waals surface area contributed by atoms with E-state index in [1.165, 1.54) is 22.7 Å². The molecule has 184 valence electrons. The summed E-state index contributed by atoms with van der Waals surface area (Å²) < 4.78 is 2.49. The fraction of sp³-hybridized carbons (Fsp3) is 0.167. The van der Waals surface area contributed by atoms with Crippen molar-refractivity contribution in [2.45, 2.75) is 12.6 Å². The molecule has 2 amide bonds. The largest absolute Gasteiger partial charge is 0.394 e. The number of thiazole rings is 1. The number of benzene rings is 1. The number of rotatable bonds is 8. The van der Waals surface area contributed by atoms with Crippen LogP contribution in [-0.2, 0) is 6.54 Å². The minimum absolute atomic E-state index is 0.207. The molecule has 5 aromatic rings.